The number of methoxy groups -OCH3 is 3. The molecule has 2 aliphatic heterocycles. The van der Waals surface area contributed by atoms with E-state index in [-0.39, 0.29) is 46.8 Å². The van der Waals surface area contributed by atoms with Crippen molar-refractivity contribution in [3.8, 4) is 11.6 Å². The van der Waals surface area contributed by atoms with Gasteiger partial charge in [0.25, 0.3) is 11.8 Å². The number of amides is 2. The second kappa shape index (κ2) is 20.5. The van der Waals surface area contributed by atoms with Gasteiger partial charge in [0.15, 0.2) is 0 Å². The highest BCUT2D eigenvalue weighted by Gasteiger charge is 2.44. The molecule has 1 N–H and O–H groups in total. The average molecular weight is 878 g/mol. The number of hydrogen-bond donors (Lipinski definition) is 1. The van der Waals surface area contributed by atoms with Crippen LogP contribution in [-0.4, -0.2) is 124 Å². The molecule has 62 heavy (non-hydrogen) atoms. The maximum Gasteiger partial charge on any atom is 0.286 e. The van der Waals surface area contributed by atoms with Crippen molar-refractivity contribution in [2.24, 2.45) is 29.2 Å². The lowest BCUT2D eigenvalue weighted by atomic mass is 9.68. The van der Waals surface area contributed by atoms with Gasteiger partial charge in [0.2, 0.25) is 5.88 Å². The smallest absolute Gasteiger partial charge is 0.286 e. The predicted molar refractivity (Wildman–Crippen MR) is 236 cm³/mol. The van der Waals surface area contributed by atoms with Crippen LogP contribution in [0.1, 0.15) is 70.0 Å². The topological polar surface area (TPSA) is 161 Å². The Hall–Kier alpha value is -4.32. The van der Waals surface area contributed by atoms with Crippen molar-refractivity contribution in [2.75, 3.05) is 91.3 Å². The van der Waals surface area contributed by atoms with Gasteiger partial charge in [0, 0.05) is 57.4 Å². The number of carbonyl (C=O) groups excluding carboxylic acids is 2. The highest BCUT2D eigenvalue weighted by atomic mass is 32.2. The summed E-state index contributed by atoms with van der Waals surface area (Å²) in [6.07, 6.45) is 9.75. The molecule has 3 aromatic rings. The molecule has 1 unspecified atom stereocenters. The van der Waals surface area contributed by atoms with E-state index in [0.717, 1.165) is 44.3 Å². The quantitative estimate of drug-likeness (QED) is 0.161. The van der Waals surface area contributed by atoms with Gasteiger partial charge in [0.1, 0.15) is 21.2 Å². The number of rotatable bonds is 14. The van der Waals surface area contributed by atoms with E-state index in [1.807, 2.05) is 25.1 Å². The van der Waals surface area contributed by atoms with Crippen LogP contribution in [0.15, 0.2) is 59.1 Å². The number of nitrogens with zero attached hydrogens (tertiary/aromatic N) is 4. The molecule has 0 saturated heterocycles. The average Bonchev–Trinajstić information content (AvgIpc) is 3.56. The van der Waals surface area contributed by atoms with Crippen molar-refractivity contribution in [3.05, 3.63) is 82.6 Å². The molecule has 2 bridgehead atoms. The molecule has 338 valence electrons. The Morgan fingerprint density at radius 2 is 1.77 bits per heavy atom. The van der Waals surface area contributed by atoms with E-state index < -0.39 is 33.8 Å². The van der Waals surface area contributed by atoms with Crippen LogP contribution in [0.2, 0.25) is 0 Å². The second-order valence-electron chi connectivity index (χ2n) is 17.1. The zero-order chi connectivity index (χ0) is 43.9. The molecular weight excluding hydrogens is 815 g/mol. The van der Waals surface area contributed by atoms with E-state index in [4.69, 9.17) is 33.2 Å². The standard InChI is InChI=1S/C46H63N5O10S/c1-31-9-13-38-33(24-31)8-7-17-46(38)29-51-26-35-10-12-36(35)41(56-5)16-15-40(60-23-22-59-21-20-58-19-18-55-4)32(2)28-62(54,49-44(53)37-27-50(3)47-45(37)57-6)48-43(52)34-11-14-42(61-30-46)39(51)25-34/h9,11,13-16,24-25,27,32,35-36,40-41H,7-8,10,12,17-23,26,28-30H2,1-6H3,(H,48,49,52,53,54)/b16-15+/t32-,35+,36-,40+,41+,46+,62?/m1/s1. The fraction of sp³-hybridized carbons (Fsp3) is 0.587. The first-order valence-corrected chi connectivity index (χ1v) is 23.4. The molecule has 1 spiro atoms. The summed E-state index contributed by atoms with van der Waals surface area (Å²) < 4.78 is 64.6. The molecule has 7 atom stereocenters. The highest BCUT2D eigenvalue weighted by molar-refractivity contribution is 7.92. The lowest BCUT2D eigenvalue weighted by Crippen LogP contribution is -2.49. The minimum atomic E-state index is -3.80. The van der Waals surface area contributed by atoms with E-state index in [2.05, 4.69) is 50.3 Å². The molecule has 16 heteroatoms. The largest absolute Gasteiger partial charge is 0.490 e. The summed E-state index contributed by atoms with van der Waals surface area (Å²) in [7, 11) is 2.60. The van der Waals surface area contributed by atoms with Gasteiger partial charge in [-0.1, -0.05) is 42.8 Å². The van der Waals surface area contributed by atoms with E-state index >= 15 is 4.21 Å². The zero-order valence-electron chi connectivity index (χ0n) is 37.0. The van der Waals surface area contributed by atoms with Crippen LogP contribution >= 0.6 is 0 Å². The van der Waals surface area contributed by atoms with Crippen LogP contribution in [0.4, 0.5) is 5.69 Å². The van der Waals surface area contributed by atoms with Crippen molar-refractivity contribution < 1.29 is 47.0 Å². The maximum absolute atomic E-state index is 15.1. The summed E-state index contributed by atoms with van der Waals surface area (Å²) in [5.74, 6) is -0.896. The summed E-state index contributed by atoms with van der Waals surface area (Å²) in [4.78, 5) is 30.7. The van der Waals surface area contributed by atoms with Gasteiger partial charge < -0.3 is 38.1 Å². The van der Waals surface area contributed by atoms with Gasteiger partial charge in [-0.2, -0.15) is 0 Å². The van der Waals surface area contributed by atoms with Crippen LogP contribution in [0.25, 0.3) is 0 Å². The summed E-state index contributed by atoms with van der Waals surface area (Å²) in [6.45, 7) is 8.26. The Morgan fingerprint density at radius 1 is 1.00 bits per heavy atom. The van der Waals surface area contributed by atoms with Gasteiger partial charge in [-0.15, -0.1) is 9.46 Å². The van der Waals surface area contributed by atoms with Crippen molar-refractivity contribution >= 4 is 27.4 Å². The van der Waals surface area contributed by atoms with Crippen molar-refractivity contribution in [2.45, 2.75) is 63.6 Å². The number of fused-ring (bicyclic) bond motifs is 4. The second-order valence-corrected chi connectivity index (χ2v) is 19.1. The number of aryl methyl sites for hydroxylation is 3. The minimum absolute atomic E-state index is 0.0491. The molecule has 3 heterocycles. The SMILES string of the molecule is COCCOCCOCCO[C@H]1/C=C/[C@H](OC)[C@@H]2CC[C@H]2CN2C[C@@]3(CCCc4cc(C)ccc43)COc3ccc(cc32)C(=O)N=S(=O)(NC(=O)c2cn(C)nc2OC)C[C@H]1C. The number of aromatic nitrogens is 2. The molecule has 1 fully saturated rings. The van der Waals surface area contributed by atoms with Gasteiger partial charge in [-0.3, -0.25) is 19.0 Å². The Balaban J connectivity index is 1.25. The first-order valence-electron chi connectivity index (χ1n) is 21.7. The van der Waals surface area contributed by atoms with Crippen molar-refractivity contribution in [3.63, 3.8) is 0 Å². The number of anilines is 1. The van der Waals surface area contributed by atoms with Crippen LogP contribution in [0.3, 0.4) is 0 Å². The molecular formula is C46H63N5O10S. The lowest BCUT2D eigenvalue weighted by Gasteiger charge is -2.46. The Bertz CT molecular complexity index is 2200. The molecule has 15 nitrogen and oxygen atoms in total. The third-order valence-electron chi connectivity index (χ3n) is 12.7. The van der Waals surface area contributed by atoms with Crippen LogP contribution in [-0.2, 0) is 52.5 Å². The lowest BCUT2D eigenvalue weighted by molar-refractivity contribution is -0.0158. The summed E-state index contributed by atoms with van der Waals surface area (Å²) in [5, 5.41) is 4.19. The zero-order valence-corrected chi connectivity index (χ0v) is 37.8. The van der Waals surface area contributed by atoms with E-state index in [1.54, 1.807) is 27.3 Å². The molecule has 1 saturated carbocycles. The number of ether oxygens (including phenoxy) is 7. The molecule has 7 rings (SSSR count). The van der Waals surface area contributed by atoms with Gasteiger partial charge in [-0.25, -0.2) is 4.21 Å². The summed E-state index contributed by atoms with van der Waals surface area (Å²) in [5.41, 5.74) is 4.77. The van der Waals surface area contributed by atoms with Crippen molar-refractivity contribution in [1.29, 1.82) is 0 Å². The van der Waals surface area contributed by atoms with E-state index in [9.17, 15) is 9.59 Å². The van der Waals surface area contributed by atoms with E-state index in [1.165, 1.54) is 34.7 Å². The van der Waals surface area contributed by atoms with Gasteiger partial charge in [0.05, 0.1) is 77.0 Å². The van der Waals surface area contributed by atoms with Gasteiger partial charge in [-0.05, 0) is 80.2 Å². The fourth-order valence-electron chi connectivity index (χ4n) is 9.39. The monoisotopic (exact) mass is 877 g/mol. The van der Waals surface area contributed by atoms with Crippen molar-refractivity contribution in [1.82, 2.24) is 14.5 Å². The number of nitrogens with one attached hydrogen (secondary N) is 1. The van der Waals surface area contributed by atoms with Crippen LogP contribution < -0.4 is 19.1 Å². The summed E-state index contributed by atoms with van der Waals surface area (Å²) >= 11 is 0. The molecule has 4 aliphatic rings. The first-order chi connectivity index (χ1) is 29.9. The van der Waals surface area contributed by atoms with Crippen LogP contribution in [0.5, 0.6) is 11.6 Å². The molecule has 2 aliphatic carbocycles. The minimum Gasteiger partial charge on any atom is -0.490 e. The number of carbonyl (C=O) groups is 2. The Labute approximate surface area is 366 Å². The maximum atomic E-state index is 15.1. The third kappa shape index (κ3) is 10.5. The fourth-order valence-corrected chi connectivity index (χ4v) is 11.3. The van der Waals surface area contributed by atoms with Crippen LogP contribution in [0, 0.1) is 24.7 Å². The van der Waals surface area contributed by atoms with E-state index in [0.29, 0.717) is 57.9 Å². The summed E-state index contributed by atoms with van der Waals surface area (Å²) in [6, 6.07) is 12.1. The number of hydrogen-bond acceptors (Lipinski definition) is 12. The molecule has 2 aromatic carbocycles. The molecule has 1 aromatic heterocycles. The Kier molecular flexibility index (Phi) is 15.1. The predicted octanol–water partition coefficient (Wildman–Crippen LogP) is 5.48. The van der Waals surface area contributed by atoms with Gasteiger partial charge >= 0.3 is 0 Å². The normalized spacial score (nSPS) is 27.8. The third-order valence-corrected chi connectivity index (χ3v) is 14.6. The number of benzene rings is 2. The first kappa shape index (κ1) is 45.7. The molecule has 0 radical (unpaired) electrons. The molecule has 2 amide bonds. The highest BCUT2D eigenvalue weighted by Crippen LogP contribution is 2.47. The Morgan fingerprint density at radius 3 is 2.52 bits per heavy atom.